The van der Waals surface area contributed by atoms with Gasteiger partial charge in [-0.3, -0.25) is 9.59 Å². The Labute approximate surface area is 93.8 Å². The molecule has 0 aliphatic rings. The molecule has 0 aliphatic carbocycles. The highest BCUT2D eigenvalue weighted by molar-refractivity contribution is 8.02. The van der Waals surface area contributed by atoms with Crippen LogP contribution in [0.4, 0.5) is 0 Å². The molecule has 4 nitrogen and oxygen atoms in total. The van der Waals surface area contributed by atoms with Crippen LogP contribution in [0, 0.1) is 12.3 Å². The average molecular weight is 229 g/mol. The van der Waals surface area contributed by atoms with Gasteiger partial charge in [-0.15, -0.1) is 18.2 Å². The summed E-state index contributed by atoms with van der Waals surface area (Å²) in [7, 11) is 0. The molecule has 5 heteroatoms. The number of nitrogens with one attached hydrogen (secondary N) is 1. The summed E-state index contributed by atoms with van der Waals surface area (Å²) in [5, 5.41) is 10.9. The van der Waals surface area contributed by atoms with Gasteiger partial charge >= 0.3 is 5.97 Å². The number of terminal acetylenes is 1. The maximum atomic E-state index is 11.4. The second kappa shape index (κ2) is 5.66. The van der Waals surface area contributed by atoms with Gasteiger partial charge in [0.25, 0.3) is 0 Å². The lowest BCUT2D eigenvalue weighted by atomic mass is 10.2. The van der Waals surface area contributed by atoms with Crippen LogP contribution in [-0.4, -0.2) is 33.5 Å². The molecule has 0 aromatic carbocycles. The Hall–Kier alpha value is -1.15. The highest BCUT2D eigenvalue weighted by atomic mass is 32.2. The second-order valence-corrected chi connectivity index (χ2v) is 5.46. The van der Waals surface area contributed by atoms with Crippen LogP contribution in [0.15, 0.2) is 0 Å². The van der Waals surface area contributed by atoms with Crippen molar-refractivity contribution in [3.8, 4) is 12.3 Å². The van der Waals surface area contributed by atoms with Crippen molar-refractivity contribution in [2.75, 3.05) is 6.54 Å². The normalized spacial score (nSPS) is 12.7. The number of thioether (sulfide) groups is 1. The fourth-order valence-corrected chi connectivity index (χ4v) is 2.00. The molecule has 1 atom stereocenters. The molecule has 0 fully saturated rings. The van der Waals surface area contributed by atoms with E-state index in [4.69, 9.17) is 11.5 Å². The van der Waals surface area contributed by atoms with Gasteiger partial charge in [-0.25, -0.2) is 0 Å². The van der Waals surface area contributed by atoms with Gasteiger partial charge in [0.2, 0.25) is 5.91 Å². The van der Waals surface area contributed by atoms with Gasteiger partial charge in [-0.2, -0.15) is 0 Å². The van der Waals surface area contributed by atoms with Gasteiger partial charge in [0, 0.05) is 0 Å². The maximum Gasteiger partial charge on any atom is 0.319 e. The molecular weight excluding hydrogens is 214 g/mol. The summed E-state index contributed by atoms with van der Waals surface area (Å²) in [5.41, 5.74) is 0. The van der Waals surface area contributed by atoms with Crippen LogP contribution in [0.5, 0.6) is 0 Å². The monoisotopic (exact) mass is 229 g/mol. The smallest absolute Gasteiger partial charge is 0.319 e. The SMILES string of the molecule is C#CCNC(=O)C(C)SC(C)(C)C(=O)O. The van der Waals surface area contributed by atoms with E-state index in [2.05, 4.69) is 11.2 Å². The van der Waals surface area contributed by atoms with E-state index in [0.29, 0.717) is 0 Å². The molecule has 15 heavy (non-hydrogen) atoms. The van der Waals surface area contributed by atoms with Crippen LogP contribution < -0.4 is 5.32 Å². The van der Waals surface area contributed by atoms with E-state index in [1.54, 1.807) is 20.8 Å². The topological polar surface area (TPSA) is 66.4 Å². The van der Waals surface area contributed by atoms with Gasteiger partial charge < -0.3 is 10.4 Å². The first-order valence-electron chi connectivity index (χ1n) is 4.43. The van der Waals surface area contributed by atoms with Crippen molar-refractivity contribution in [1.29, 1.82) is 0 Å². The summed E-state index contributed by atoms with van der Waals surface area (Å²) >= 11 is 1.09. The predicted molar refractivity (Wildman–Crippen MR) is 60.6 cm³/mol. The Morgan fingerprint density at radius 3 is 2.53 bits per heavy atom. The van der Waals surface area contributed by atoms with Crippen LogP contribution in [-0.2, 0) is 9.59 Å². The Morgan fingerprint density at radius 1 is 1.60 bits per heavy atom. The van der Waals surface area contributed by atoms with E-state index < -0.39 is 16.0 Å². The largest absolute Gasteiger partial charge is 0.480 e. The molecule has 0 heterocycles. The van der Waals surface area contributed by atoms with Gasteiger partial charge in [-0.1, -0.05) is 5.92 Å². The highest BCUT2D eigenvalue weighted by Crippen LogP contribution is 2.28. The number of hydrogen-bond donors (Lipinski definition) is 2. The van der Waals surface area contributed by atoms with E-state index in [0.717, 1.165) is 11.8 Å². The van der Waals surface area contributed by atoms with Crippen LogP contribution in [0.3, 0.4) is 0 Å². The lowest BCUT2D eigenvalue weighted by Gasteiger charge is -2.22. The number of hydrogen-bond acceptors (Lipinski definition) is 3. The quantitative estimate of drug-likeness (QED) is 0.682. The molecular formula is C10H15NO3S. The average Bonchev–Trinajstić information content (AvgIpc) is 2.13. The maximum absolute atomic E-state index is 11.4. The van der Waals surface area contributed by atoms with Crippen molar-refractivity contribution >= 4 is 23.6 Å². The molecule has 0 aromatic rings. The molecule has 0 saturated carbocycles. The number of aliphatic carboxylic acids is 1. The Kier molecular flexibility index (Phi) is 5.23. The molecule has 2 N–H and O–H groups in total. The molecule has 0 rings (SSSR count). The summed E-state index contributed by atoms with van der Waals surface area (Å²) in [6.45, 7) is 4.94. The zero-order valence-electron chi connectivity index (χ0n) is 9.03. The van der Waals surface area contributed by atoms with Crippen molar-refractivity contribution in [2.24, 2.45) is 0 Å². The van der Waals surface area contributed by atoms with E-state index in [9.17, 15) is 9.59 Å². The van der Waals surface area contributed by atoms with Crippen LogP contribution in [0.2, 0.25) is 0 Å². The Balaban J connectivity index is 4.25. The number of rotatable bonds is 5. The predicted octanol–water partition coefficient (Wildman–Crippen LogP) is 0.721. The number of amides is 1. The standard InChI is InChI=1S/C10H15NO3S/c1-5-6-11-8(12)7(2)15-10(3,4)9(13)14/h1,7H,6H2,2-4H3,(H,11,12)(H,13,14). The Bertz CT molecular complexity index is 294. The molecule has 0 bridgehead atoms. The van der Waals surface area contributed by atoms with E-state index in [1.165, 1.54) is 0 Å². The van der Waals surface area contributed by atoms with Crippen molar-refractivity contribution in [1.82, 2.24) is 5.32 Å². The van der Waals surface area contributed by atoms with E-state index in [1.807, 2.05) is 0 Å². The highest BCUT2D eigenvalue weighted by Gasteiger charge is 2.32. The number of carboxylic acid groups (broad SMARTS) is 1. The van der Waals surface area contributed by atoms with Crippen molar-refractivity contribution in [2.45, 2.75) is 30.8 Å². The van der Waals surface area contributed by atoms with Crippen molar-refractivity contribution in [3.63, 3.8) is 0 Å². The molecule has 0 radical (unpaired) electrons. The zero-order chi connectivity index (χ0) is 12.1. The molecule has 84 valence electrons. The first kappa shape index (κ1) is 13.8. The van der Waals surface area contributed by atoms with E-state index in [-0.39, 0.29) is 12.5 Å². The van der Waals surface area contributed by atoms with Gasteiger partial charge in [0.05, 0.1) is 11.8 Å². The lowest BCUT2D eigenvalue weighted by Crippen LogP contribution is -2.37. The van der Waals surface area contributed by atoms with Gasteiger partial charge in [-0.05, 0) is 20.8 Å². The van der Waals surface area contributed by atoms with Crippen LogP contribution in [0.25, 0.3) is 0 Å². The zero-order valence-corrected chi connectivity index (χ0v) is 9.85. The molecule has 0 saturated heterocycles. The molecule has 1 unspecified atom stereocenters. The summed E-state index contributed by atoms with van der Waals surface area (Å²) < 4.78 is -0.979. The third-order valence-electron chi connectivity index (χ3n) is 1.72. The van der Waals surface area contributed by atoms with Crippen LogP contribution in [0.1, 0.15) is 20.8 Å². The summed E-state index contributed by atoms with van der Waals surface area (Å²) in [6, 6.07) is 0. The van der Waals surface area contributed by atoms with Gasteiger partial charge in [0.1, 0.15) is 4.75 Å². The third kappa shape index (κ3) is 4.75. The molecule has 0 aromatic heterocycles. The fourth-order valence-electron chi connectivity index (χ4n) is 0.828. The fraction of sp³-hybridized carbons (Fsp3) is 0.600. The number of carbonyl (C=O) groups excluding carboxylic acids is 1. The first-order chi connectivity index (χ1) is 6.81. The summed E-state index contributed by atoms with van der Waals surface area (Å²) in [6.07, 6.45) is 4.99. The van der Waals surface area contributed by atoms with E-state index >= 15 is 0 Å². The Morgan fingerprint density at radius 2 is 2.13 bits per heavy atom. The number of carboxylic acids is 1. The number of carbonyl (C=O) groups is 2. The van der Waals surface area contributed by atoms with Gasteiger partial charge in [0.15, 0.2) is 0 Å². The second-order valence-electron chi connectivity index (χ2n) is 3.50. The minimum atomic E-state index is -0.979. The lowest BCUT2D eigenvalue weighted by molar-refractivity contribution is -0.138. The molecule has 1 amide bonds. The summed E-state index contributed by atoms with van der Waals surface area (Å²) in [5.74, 6) is 1.10. The third-order valence-corrected chi connectivity index (χ3v) is 3.05. The van der Waals surface area contributed by atoms with Crippen LogP contribution >= 0.6 is 11.8 Å². The molecule has 0 spiro atoms. The first-order valence-corrected chi connectivity index (χ1v) is 5.31. The summed E-state index contributed by atoms with van der Waals surface area (Å²) in [4.78, 5) is 22.2. The minimum absolute atomic E-state index is 0.164. The minimum Gasteiger partial charge on any atom is -0.480 e. The molecule has 0 aliphatic heterocycles. The van der Waals surface area contributed by atoms with Crippen molar-refractivity contribution < 1.29 is 14.7 Å². The van der Waals surface area contributed by atoms with Crippen molar-refractivity contribution in [3.05, 3.63) is 0 Å².